The molecular weight excluding hydrogens is 326 g/mol. The van der Waals surface area contributed by atoms with E-state index in [1.807, 2.05) is 37.3 Å². The molecule has 26 heavy (non-hydrogen) atoms. The molecule has 134 valence electrons. The van der Waals surface area contributed by atoms with Gasteiger partial charge in [0.1, 0.15) is 5.75 Å². The molecule has 1 heterocycles. The Morgan fingerprint density at radius 3 is 2.65 bits per heavy atom. The van der Waals surface area contributed by atoms with Crippen molar-refractivity contribution in [1.82, 2.24) is 10.1 Å². The van der Waals surface area contributed by atoms with E-state index in [0.29, 0.717) is 18.1 Å². The second-order valence-electron chi connectivity index (χ2n) is 7.11. The predicted octanol–water partition coefficient (Wildman–Crippen LogP) is 3.38. The van der Waals surface area contributed by atoms with Crippen LogP contribution in [0, 0.1) is 6.92 Å². The molecule has 0 radical (unpaired) electrons. The number of rotatable bonds is 5. The number of nitrogens with two attached hydrogens (primary N) is 1. The van der Waals surface area contributed by atoms with Gasteiger partial charge < -0.3 is 15.0 Å². The Hall–Kier alpha value is -2.66. The fraction of sp³-hybridized carbons (Fsp3) is 0.333. The fourth-order valence-corrected chi connectivity index (χ4v) is 3.80. The lowest BCUT2D eigenvalue weighted by atomic mass is 9.61. The Morgan fingerprint density at radius 1 is 1.19 bits per heavy atom. The van der Waals surface area contributed by atoms with Crippen LogP contribution in [0.4, 0.5) is 0 Å². The van der Waals surface area contributed by atoms with Crippen molar-refractivity contribution in [1.29, 1.82) is 0 Å². The highest BCUT2D eigenvalue weighted by Gasteiger charge is 2.49. The smallest absolute Gasteiger partial charge is 0.237 e. The molecule has 0 amide bonds. The van der Waals surface area contributed by atoms with Gasteiger partial charge in [-0.2, -0.15) is 4.98 Å². The summed E-state index contributed by atoms with van der Waals surface area (Å²) in [4.78, 5) is 4.71. The fourth-order valence-electron chi connectivity index (χ4n) is 3.80. The van der Waals surface area contributed by atoms with Crippen molar-refractivity contribution in [2.75, 3.05) is 7.11 Å². The average molecular weight is 349 g/mol. The minimum absolute atomic E-state index is 0.173. The number of hydrogen-bond acceptors (Lipinski definition) is 5. The molecule has 0 unspecified atom stereocenters. The van der Waals surface area contributed by atoms with Gasteiger partial charge in [-0.3, -0.25) is 0 Å². The maximum absolute atomic E-state index is 6.10. The van der Waals surface area contributed by atoms with Crippen LogP contribution in [0.3, 0.4) is 0 Å². The maximum atomic E-state index is 6.10. The van der Waals surface area contributed by atoms with Crippen LogP contribution in [0.15, 0.2) is 53.1 Å². The van der Waals surface area contributed by atoms with Crippen LogP contribution in [0.5, 0.6) is 5.75 Å². The van der Waals surface area contributed by atoms with Crippen molar-refractivity contribution in [2.24, 2.45) is 5.73 Å². The normalized spacial score (nSPS) is 22.0. The molecule has 5 heteroatoms. The number of aryl methyl sites for hydroxylation is 1. The van der Waals surface area contributed by atoms with Gasteiger partial charge in [0.05, 0.1) is 12.5 Å². The standard InChI is InChI=1S/C21H23N3O2/c1-14-8-9-15(10-18(14)25-2)11-19-23-20(26-24-19)21(12-17(22)13-21)16-6-4-3-5-7-16/h3-10,17H,11-13,22H2,1-2H3. The van der Waals surface area contributed by atoms with Gasteiger partial charge in [-0.25, -0.2) is 0 Å². The van der Waals surface area contributed by atoms with Crippen LogP contribution in [0.2, 0.25) is 0 Å². The average Bonchev–Trinajstić information content (AvgIpc) is 3.09. The molecule has 1 aromatic heterocycles. The minimum atomic E-state index is -0.253. The van der Waals surface area contributed by atoms with E-state index in [1.165, 1.54) is 5.56 Å². The van der Waals surface area contributed by atoms with Gasteiger partial charge in [-0.1, -0.05) is 47.6 Å². The lowest BCUT2D eigenvalue weighted by molar-refractivity contribution is 0.188. The highest BCUT2D eigenvalue weighted by Crippen LogP contribution is 2.47. The molecule has 0 aliphatic heterocycles. The Labute approximate surface area is 153 Å². The number of ether oxygens (including phenoxy) is 1. The van der Waals surface area contributed by atoms with Gasteiger partial charge in [-0.05, 0) is 42.5 Å². The number of aromatic nitrogens is 2. The second-order valence-corrected chi connectivity index (χ2v) is 7.11. The van der Waals surface area contributed by atoms with Crippen LogP contribution < -0.4 is 10.5 Å². The summed E-state index contributed by atoms with van der Waals surface area (Å²) < 4.78 is 11.1. The third-order valence-electron chi connectivity index (χ3n) is 5.26. The zero-order valence-electron chi connectivity index (χ0n) is 15.1. The van der Waals surface area contributed by atoms with Crippen molar-refractivity contribution in [3.63, 3.8) is 0 Å². The van der Waals surface area contributed by atoms with Gasteiger partial charge in [0.25, 0.3) is 0 Å². The Balaban J connectivity index is 1.61. The molecule has 1 aliphatic carbocycles. The summed E-state index contributed by atoms with van der Waals surface area (Å²) >= 11 is 0. The molecule has 0 spiro atoms. The molecular formula is C21H23N3O2. The molecule has 1 aliphatic rings. The van der Waals surface area contributed by atoms with Crippen LogP contribution >= 0.6 is 0 Å². The first-order valence-electron chi connectivity index (χ1n) is 8.88. The third-order valence-corrected chi connectivity index (χ3v) is 5.26. The quantitative estimate of drug-likeness (QED) is 0.764. The van der Waals surface area contributed by atoms with Crippen molar-refractivity contribution >= 4 is 0 Å². The summed E-state index contributed by atoms with van der Waals surface area (Å²) in [5, 5.41) is 4.22. The number of hydrogen-bond donors (Lipinski definition) is 1. The zero-order chi connectivity index (χ0) is 18.1. The van der Waals surface area contributed by atoms with Gasteiger partial charge in [0.2, 0.25) is 5.89 Å². The lowest BCUT2D eigenvalue weighted by Gasteiger charge is -2.43. The van der Waals surface area contributed by atoms with E-state index in [-0.39, 0.29) is 11.5 Å². The van der Waals surface area contributed by atoms with Gasteiger partial charge in [0, 0.05) is 12.5 Å². The number of nitrogens with zero attached hydrogens (tertiary/aromatic N) is 2. The second kappa shape index (κ2) is 6.57. The first-order valence-corrected chi connectivity index (χ1v) is 8.88. The van der Waals surface area contributed by atoms with E-state index < -0.39 is 0 Å². The van der Waals surface area contributed by atoms with Crippen LogP contribution in [-0.2, 0) is 11.8 Å². The molecule has 3 aromatic rings. The number of methoxy groups -OCH3 is 1. The summed E-state index contributed by atoms with van der Waals surface area (Å²) in [5.41, 5.74) is 9.24. The molecule has 2 aromatic carbocycles. The summed E-state index contributed by atoms with van der Waals surface area (Å²) in [6, 6.07) is 16.6. The van der Waals surface area contributed by atoms with Gasteiger partial charge >= 0.3 is 0 Å². The van der Waals surface area contributed by atoms with Crippen molar-refractivity contribution in [3.05, 3.63) is 76.9 Å². The lowest BCUT2D eigenvalue weighted by Crippen LogP contribution is -2.50. The van der Waals surface area contributed by atoms with Gasteiger partial charge in [-0.15, -0.1) is 0 Å². The van der Waals surface area contributed by atoms with Gasteiger partial charge in [0.15, 0.2) is 5.82 Å². The summed E-state index contributed by atoms with van der Waals surface area (Å²) in [6.07, 6.45) is 2.27. The Morgan fingerprint density at radius 2 is 1.96 bits per heavy atom. The van der Waals surface area contributed by atoms with Crippen LogP contribution in [0.1, 0.15) is 41.2 Å². The molecule has 0 saturated heterocycles. The highest BCUT2D eigenvalue weighted by molar-refractivity contribution is 5.38. The molecule has 1 saturated carbocycles. The Bertz CT molecular complexity index is 899. The van der Waals surface area contributed by atoms with E-state index in [4.69, 9.17) is 20.0 Å². The predicted molar refractivity (Wildman–Crippen MR) is 99.3 cm³/mol. The van der Waals surface area contributed by atoms with Crippen LogP contribution in [0.25, 0.3) is 0 Å². The van der Waals surface area contributed by atoms with E-state index in [9.17, 15) is 0 Å². The molecule has 2 N–H and O–H groups in total. The zero-order valence-corrected chi connectivity index (χ0v) is 15.1. The minimum Gasteiger partial charge on any atom is -0.496 e. The molecule has 0 atom stereocenters. The van der Waals surface area contributed by atoms with E-state index in [2.05, 4.69) is 23.4 Å². The molecule has 1 fully saturated rings. The maximum Gasteiger partial charge on any atom is 0.237 e. The third kappa shape index (κ3) is 2.88. The highest BCUT2D eigenvalue weighted by atomic mass is 16.5. The van der Waals surface area contributed by atoms with E-state index in [0.717, 1.165) is 29.7 Å². The number of benzene rings is 2. The van der Waals surface area contributed by atoms with E-state index >= 15 is 0 Å². The van der Waals surface area contributed by atoms with Crippen molar-refractivity contribution < 1.29 is 9.26 Å². The van der Waals surface area contributed by atoms with E-state index in [1.54, 1.807) is 7.11 Å². The first kappa shape index (κ1) is 16.8. The topological polar surface area (TPSA) is 74.2 Å². The molecule has 5 nitrogen and oxygen atoms in total. The SMILES string of the molecule is COc1cc(Cc2noc(C3(c4ccccc4)CC(N)C3)n2)ccc1C. The van der Waals surface area contributed by atoms with Crippen molar-refractivity contribution in [3.8, 4) is 5.75 Å². The molecule has 0 bridgehead atoms. The summed E-state index contributed by atoms with van der Waals surface area (Å²) in [5.74, 6) is 2.22. The monoisotopic (exact) mass is 349 g/mol. The summed E-state index contributed by atoms with van der Waals surface area (Å²) in [6.45, 7) is 2.03. The summed E-state index contributed by atoms with van der Waals surface area (Å²) in [7, 11) is 1.68. The Kier molecular flexibility index (Phi) is 4.24. The first-order chi connectivity index (χ1) is 12.6. The van der Waals surface area contributed by atoms with Crippen molar-refractivity contribution in [2.45, 2.75) is 37.6 Å². The van der Waals surface area contributed by atoms with Crippen LogP contribution in [-0.4, -0.2) is 23.3 Å². The largest absolute Gasteiger partial charge is 0.496 e. The molecule has 4 rings (SSSR count).